The van der Waals surface area contributed by atoms with Gasteiger partial charge in [0, 0.05) is 5.56 Å². The zero-order valence-corrected chi connectivity index (χ0v) is 15.0. The predicted octanol–water partition coefficient (Wildman–Crippen LogP) is 4.78. The molecule has 1 heterocycles. The number of furan rings is 1. The van der Waals surface area contributed by atoms with Gasteiger partial charge in [0.15, 0.2) is 0 Å². The number of nitrogens with one attached hydrogen (secondary N) is 1. The van der Waals surface area contributed by atoms with Crippen LogP contribution in [0.3, 0.4) is 0 Å². The fraction of sp³-hybridized carbons (Fsp3) is 0.0435. The number of hydrogen-bond donors (Lipinski definition) is 1. The topological polar surface area (TPSA) is 63.8 Å². The van der Waals surface area contributed by atoms with Gasteiger partial charge in [-0.05, 0) is 52.7 Å². The van der Waals surface area contributed by atoms with Crippen LogP contribution >= 0.6 is 0 Å². The summed E-state index contributed by atoms with van der Waals surface area (Å²) in [4.78, 5) is 12.1. The highest BCUT2D eigenvalue weighted by Gasteiger charge is 2.05. The lowest BCUT2D eigenvalue weighted by Crippen LogP contribution is -2.17. The number of carbonyl (C=O) groups excluding carboxylic acids is 1. The van der Waals surface area contributed by atoms with Crippen molar-refractivity contribution in [2.75, 3.05) is 0 Å². The first-order chi connectivity index (χ1) is 13.8. The number of rotatable bonds is 6. The Kier molecular flexibility index (Phi) is 5.15. The van der Waals surface area contributed by atoms with E-state index in [1.807, 2.05) is 42.5 Å². The normalized spacial score (nSPS) is 11.0. The summed E-state index contributed by atoms with van der Waals surface area (Å²) >= 11 is 0. The Morgan fingerprint density at radius 1 is 0.964 bits per heavy atom. The smallest absolute Gasteiger partial charge is 0.271 e. The zero-order chi connectivity index (χ0) is 19.2. The van der Waals surface area contributed by atoms with Crippen LogP contribution in [-0.4, -0.2) is 12.1 Å². The standard InChI is InChI=1S/C23H18N2O3/c26-23(25-24-15-22-6-3-13-27-22)19-9-7-17(8-10-19)16-28-21-12-11-18-4-1-2-5-20(18)14-21/h1-15H,16H2,(H,25,26)/b24-15+. The molecular formula is C23H18N2O3. The lowest BCUT2D eigenvalue weighted by Gasteiger charge is -2.08. The number of ether oxygens (including phenoxy) is 1. The predicted molar refractivity (Wildman–Crippen MR) is 108 cm³/mol. The molecule has 0 saturated carbocycles. The van der Waals surface area contributed by atoms with Crippen LogP contribution in [0.5, 0.6) is 5.75 Å². The molecule has 5 heteroatoms. The van der Waals surface area contributed by atoms with Gasteiger partial charge in [0.1, 0.15) is 18.1 Å². The Morgan fingerprint density at radius 3 is 2.57 bits per heavy atom. The Morgan fingerprint density at radius 2 is 1.79 bits per heavy atom. The van der Waals surface area contributed by atoms with E-state index in [1.54, 1.807) is 30.5 Å². The van der Waals surface area contributed by atoms with Crippen LogP contribution < -0.4 is 10.2 Å². The molecule has 1 aromatic heterocycles. The van der Waals surface area contributed by atoms with E-state index in [1.165, 1.54) is 11.6 Å². The van der Waals surface area contributed by atoms with E-state index in [-0.39, 0.29) is 5.91 Å². The van der Waals surface area contributed by atoms with Gasteiger partial charge in [-0.25, -0.2) is 5.43 Å². The summed E-state index contributed by atoms with van der Waals surface area (Å²) in [5.41, 5.74) is 3.97. The van der Waals surface area contributed by atoms with Crippen LogP contribution in [0.1, 0.15) is 21.7 Å². The lowest BCUT2D eigenvalue weighted by atomic mass is 10.1. The largest absolute Gasteiger partial charge is 0.489 e. The first kappa shape index (κ1) is 17.5. The molecule has 0 aliphatic heterocycles. The summed E-state index contributed by atoms with van der Waals surface area (Å²) < 4.78 is 11.0. The van der Waals surface area contributed by atoms with Gasteiger partial charge in [0.2, 0.25) is 0 Å². The number of nitrogens with zero attached hydrogens (tertiary/aromatic N) is 1. The molecule has 0 bridgehead atoms. The van der Waals surface area contributed by atoms with Crippen molar-refractivity contribution in [2.24, 2.45) is 5.10 Å². The number of carbonyl (C=O) groups is 1. The van der Waals surface area contributed by atoms with Crippen LogP contribution in [0.25, 0.3) is 10.8 Å². The summed E-state index contributed by atoms with van der Waals surface area (Å²) in [6.07, 6.45) is 2.99. The molecule has 1 amide bonds. The van der Waals surface area contributed by atoms with Gasteiger partial charge >= 0.3 is 0 Å². The van der Waals surface area contributed by atoms with E-state index in [0.29, 0.717) is 17.9 Å². The van der Waals surface area contributed by atoms with E-state index in [0.717, 1.165) is 16.7 Å². The average Bonchev–Trinajstić information content (AvgIpc) is 3.26. The molecule has 0 radical (unpaired) electrons. The van der Waals surface area contributed by atoms with Crippen molar-refractivity contribution in [2.45, 2.75) is 6.61 Å². The number of amides is 1. The summed E-state index contributed by atoms with van der Waals surface area (Å²) in [6, 6.07) is 24.9. The minimum Gasteiger partial charge on any atom is -0.489 e. The third-order valence-electron chi connectivity index (χ3n) is 4.24. The van der Waals surface area contributed by atoms with E-state index < -0.39 is 0 Å². The van der Waals surface area contributed by atoms with E-state index >= 15 is 0 Å². The van der Waals surface area contributed by atoms with Crippen molar-refractivity contribution in [3.05, 3.63) is 102 Å². The highest BCUT2D eigenvalue weighted by atomic mass is 16.5. The number of benzene rings is 3. The maximum absolute atomic E-state index is 12.1. The molecule has 0 saturated heterocycles. The van der Waals surface area contributed by atoms with Crippen LogP contribution in [0.4, 0.5) is 0 Å². The minimum atomic E-state index is -0.287. The van der Waals surface area contributed by atoms with Crippen LogP contribution in [0.2, 0.25) is 0 Å². The molecule has 28 heavy (non-hydrogen) atoms. The zero-order valence-electron chi connectivity index (χ0n) is 15.0. The molecule has 4 rings (SSSR count). The summed E-state index contributed by atoms with van der Waals surface area (Å²) in [6.45, 7) is 0.427. The minimum absolute atomic E-state index is 0.287. The molecule has 0 aliphatic carbocycles. The van der Waals surface area contributed by atoms with Crippen molar-refractivity contribution < 1.29 is 13.9 Å². The molecule has 0 atom stereocenters. The van der Waals surface area contributed by atoms with Gasteiger partial charge in [-0.3, -0.25) is 4.79 Å². The monoisotopic (exact) mass is 370 g/mol. The molecular weight excluding hydrogens is 352 g/mol. The van der Waals surface area contributed by atoms with Crippen molar-refractivity contribution >= 4 is 22.9 Å². The van der Waals surface area contributed by atoms with Crippen molar-refractivity contribution in [1.29, 1.82) is 0 Å². The van der Waals surface area contributed by atoms with Crippen LogP contribution in [-0.2, 0) is 6.61 Å². The molecule has 1 N–H and O–H groups in total. The van der Waals surface area contributed by atoms with E-state index in [2.05, 4.69) is 22.7 Å². The fourth-order valence-corrected chi connectivity index (χ4v) is 2.76. The molecule has 4 aromatic rings. The van der Waals surface area contributed by atoms with Crippen LogP contribution in [0.15, 0.2) is 94.6 Å². The Balaban J connectivity index is 1.34. The van der Waals surface area contributed by atoms with Crippen molar-refractivity contribution in [3.63, 3.8) is 0 Å². The van der Waals surface area contributed by atoms with Gasteiger partial charge in [-0.2, -0.15) is 5.10 Å². The highest BCUT2D eigenvalue weighted by Crippen LogP contribution is 2.21. The third-order valence-corrected chi connectivity index (χ3v) is 4.24. The second kappa shape index (κ2) is 8.22. The molecule has 5 nitrogen and oxygen atoms in total. The second-order valence-corrected chi connectivity index (χ2v) is 6.21. The van der Waals surface area contributed by atoms with Crippen molar-refractivity contribution in [1.82, 2.24) is 5.43 Å². The van der Waals surface area contributed by atoms with Gasteiger partial charge in [-0.15, -0.1) is 0 Å². The number of hydrazone groups is 1. The van der Waals surface area contributed by atoms with Crippen molar-refractivity contribution in [3.8, 4) is 5.75 Å². The molecule has 3 aromatic carbocycles. The molecule has 0 unspecified atom stereocenters. The molecule has 0 spiro atoms. The van der Waals surface area contributed by atoms with Gasteiger partial charge in [0.05, 0.1) is 12.5 Å². The first-order valence-electron chi connectivity index (χ1n) is 8.85. The lowest BCUT2D eigenvalue weighted by molar-refractivity contribution is 0.0955. The average molecular weight is 370 g/mol. The maximum atomic E-state index is 12.1. The first-order valence-corrected chi connectivity index (χ1v) is 8.85. The van der Waals surface area contributed by atoms with Gasteiger partial charge in [-0.1, -0.05) is 42.5 Å². The van der Waals surface area contributed by atoms with Gasteiger partial charge in [0.25, 0.3) is 5.91 Å². The fourth-order valence-electron chi connectivity index (χ4n) is 2.76. The summed E-state index contributed by atoms with van der Waals surface area (Å²) in [5.74, 6) is 1.10. The Hall–Kier alpha value is -3.86. The molecule has 138 valence electrons. The number of hydrogen-bond acceptors (Lipinski definition) is 4. The van der Waals surface area contributed by atoms with E-state index in [9.17, 15) is 4.79 Å². The third kappa shape index (κ3) is 4.27. The van der Waals surface area contributed by atoms with E-state index in [4.69, 9.17) is 9.15 Å². The highest BCUT2D eigenvalue weighted by molar-refractivity contribution is 5.94. The number of fused-ring (bicyclic) bond motifs is 1. The second-order valence-electron chi connectivity index (χ2n) is 6.21. The summed E-state index contributed by atoms with van der Waals surface area (Å²) in [7, 11) is 0. The van der Waals surface area contributed by atoms with Gasteiger partial charge < -0.3 is 9.15 Å². The Labute approximate surface area is 162 Å². The maximum Gasteiger partial charge on any atom is 0.271 e. The quantitative estimate of drug-likeness (QED) is 0.393. The SMILES string of the molecule is O=C(N/N=C/c1ccco1)c1ccc(COc2ccc3ccccc3c2)cc1. The molecule has 0 fully saturated rings. The Bertz CT molecular complexity index is 1100. The molecule has 0 aliphatic rings. The summed E-state index contributed by atoms with van der Waals surface area (Å²) in [5, 5.41) is 6.19. The van der Waals surface area contributed by atoms with Crippen LogP contribution in [0, 0.1) is 0 Å².